The van der Waals surface area contributed by atoms with Gasteiger partial charge in [-0.3, -0.25) is 9.59 Å². The minimum Gasteiger partial charge on any atom is -0.310 e. The Morgan fingerprint density at radius 3 is 2.55 bits per heavy atom. The van der Waals surface area contributed by atoms with Crippen molar-refractivity contribution in [2.24, 2.45) is 34.5 Å². The molecular weight excluding hydrogens is 274 g/mol. The lowest BCUT2D eigenvalue weighted by molar-refractivity contribution is -0.154. The van der Waals surface area contributed by atoms with Crippen molar-refractivity contribution < 1.29 is 9.59 Å². The van der Waals surface area contributed by atoms with Crippen LogP contribution in [0.25, 0.3) is 0 Å². The highest BCUT2D eigenvalue weighted by Gasteiger charge is 2.62. The number of Topliss-reactive ketones (excluding diaryl/α,β-unsaturated/α-hetero) is 2. The average molecular weight is 301 g/mol. The van der Waals surface area contributed by atoms with Gasteiger partial charge >= 0.3 is 0 Å². The molecule has 6 atom stereocenters. The van der Waals surface area contributed by atoms with Gasteiger partial charge in [0.25, 0.3) is 0 Å². The maximum absolute atomic E-state index is 12.9. The molecule has 4 rings (SSSR count). The van der Waals surface area contributed by atoms with Crippen LogP contribution < -0.4 is 0 Å². The van der Waals surface area contributed by atoms with Gasteiger partial charge in [-0.25, -0.2) is 0 Å². The highest BCUT2D eigenvalue weighted by molar-refractivity contribution is 5.91. The van der Waals surface area contributed by atoms with Gasteiger partial charge in [0, 0.05) is 29.9 Å². The van der Waals surface area contributed by atoms with Gasteiger partial charge in [0.05, 0.1) is 0 Å². The summed E-state index contributed by atoms with van der Waals surface area (Å²) in [7, 11) is 0. The van der Waals surface area contributed by atoms with Gasteiger partial charge in [-0.1, -0.05) is 13.8 Å². The van der Waals surface area contributed by atoms with Crippen molar-refractivity contribution in [1.29, 1.82) is 5.41 Å². The Hall–Kier alpha value is -0.990. The van der Waals surface area contributed by atoms with E-state index in [1.165, 1.54) is 0 Å². The fraction of sp³-hybridized carbons (Fsp3) is 0.842. The number of rotatable bonds is 0. The Balaban J connectivity index is 1.72. The Morgan fingerprint density at radius 2 is 1.77 bits per heavy atom. The molecule has 0 aromatic carbocycles. The average Bonchev–Trinajstić information content (AvgIpc) is 2.77. The first-order valence-corrected chi connectivity index (χ1v) is 8.98. The second-order valence-corrected chi connectivity index (χ2v) is 8.84. The van der Waals surface area contributed by atoms with E-state index in [-0.39, 0.29) is 16.7 Å². The highest BCUT2D eigenvalue weighted by Crippen LogP contribution is 2.64. The molecule has 4 fully saturated rings. The van der Waals surface area contributed by atoms with Crippen LogP contribution in [-0.2, 0) is 9.59 Å². The smallest absolute Gasteiger partial charge is 0.139 e. The number of nitrogens with one attached hydrogen (secondary N) is 1. The topological polar surface area (TPSA) is 58.0 Å². The fourth-order valence-corrected chi connectivity index (χ4v) is 6.53. The van der Waals surface area contributed by atoms with Crippen molar-refractivity contribution in [2.75, 3.05) is 0 Å². The summed E-state index contributed by atoms with van der Waals surface area (Å²) in [5.74, 6) is 2.07. The molecule has 0 heterocycles. The predicted octanol–water partition coefficient (Wildman–Crippen LogP) is 3.80. The van der Waals surface area contributed by atoms with Gasteiger partial charge in [0.15, 0.2) is 0 Å². The molecular formula is C19H27NO2. The van der Waals surface area contributed by atoms with Gasteiger partial charge in [0.1, 0.15) is 11.6 Å². The quantitative estimate of drug-likeness (QED) is 0.740. The maximum Gasteiger partial charge on any atom is 0.139 e. The number of carbonyl (C=O) groups excluding carboxylic acids is 2. The van der Waals surface area contributed by atoms with Gasteiger partial charge in [-0.2, -0.15) is 0 Å². The summed E-state index contributed by atoms with van der Waals surface area (Å²) in [6.07, 6.45) is 7.09. The van der Waals surface area contributed by atoms with Gasteiger partial charge in [0.2, 0.25) is 0 Å². The third-order valence-corrected chi connectivity index (χ3v) is 8.04. The summed E-state index contributed by atoms with van der Waals surface area (Å²) in [5.41, 5.74) is 0.836. The van der Waals surface area contributed by atoms with Crippen LogP contribution in [0.1, 0.15) is 65.2 Å². The normalized spacial score (nSPS) is 51.3. The van der Waals surface area contributed by atoms with Gasteiger partial charge in [-0.05, 0) is 61.7 Å². The molecule has 22 heavy (non-hydrogen) atoms. The van der Waals surface area contributed by atoms with Crippen LogP contribution in [0.2, 0.25) is 0 Å². The summed E-state index contributed by atoms with van der Waals surface area (Å²) in [6, 6.07) is 0. The molecule has 4 saturated carbocycles. The summed E-state index contributed by atoms with van der Waals surface area (Å²) >= 11 is 0. The van der Waals surface area contributed by atoms with E-state index in [4.69, 9.17) is 5.41 Å². The molecule has 3 nitrogen and oxygen atoms in total. The first-order valence-electron chi connectivity index (χ1n) is 8.98. The molecule has 0 bridgehead atoms. The lowest BCUT2D eigenvalue weighted by Crippen LogP contribution is -2.57. The first kappa shape index (κ1) is 14.6. The molecule has 0 spiro atoms. The zero-order valence-electron chi connectivity index (χ0n) is 13.8. The Morgan fingerprint density at radius 1 is 1.00 bits per heavy atom. The van der Waals surface area contributed by atoms with Crippen LogP contribution in [0.5, 0.6) is 0 Å². The van der Waals surface area contributed by atoms with E-state index in [9.17, 15) is 9.59 Å². The summed E-state index contributed by atoms with van der Waals surface area (Å²) in [5, 5.41) is 8.02. The van der Waals surface area contributed by atoms with E-state index < -0.39 is 0 Å². The zero-order chi connectivity index (χ0) is 15.7. The number of fused-ring (bicyclic) bond motifs is 5. The molecule has 0 aromatic rings. The lowest BCUT2D eigenvalue weighted by Gasteiger charge is -2.58. The molecule has 0 amide bonds. The van der Waals surface area contributed by atoms with Crippen molar-refractivity contribution in [2.45, 2.75) is 65.2 Å². The molecule has 120 valence electrons. The first-order chi connectivity index (χ1) is 10.4. The zero-order valence-corrected chi connectivity index (χ0v) is 13.8. The van der Waals surface area contributed by atoms with Crippen LogP contribution in [0.15, 0.2) is 0 Å². The highest BCUT2D eigenvalue weighted by atomic mass is 16.1. The molecule has 4 aliphatic carbocycles. The molecule has 4 aliphatic rings. The summed E-state index contributed by atoms with van der Waals surface area (Å²) in [4.78, 5) is 25.3. The van der Waals surface area contributed by atoms with Crippen molar-refractivity contribution >= 4 is 17.3 Å². The van der Waals surface area contributed by atoms with E-state index in [0.29, 0.717) is 42.2 Å². The van der Waals surface area contributed by atoms with E-state index in [1.807, 2.05) is 0 Å². The largest absolute Gasteiger partial charge is 0.310 e. The molecule has 0 radical (unpaired) electrons. The Bertz CT molecular complexity index is 568. The second kappa shape index (κ2) is 4.52. The standard InChI is InChI=1S/C19H27NO2/c1-18-7-5-12(20)9-11(18)10-15(21)17-13-3-4-16(22)19(13,2)8-6-14(17)18/h11,13-14,17,20H,3-10H2,1-2H3/t11-,13?,14?,17?,18+,19+/m1/s1. The van der Waals surface area contributed by atoms with E-state index in [1.54, 1.807) is 0 Å². The molecule has 0 aliphatic heterocycles. The van der Waals surface area contributed by atoms with Gasteiger partial charge < -0.3 is 5.41 Å². The molecule has 1 N–H and O–H groups in total. The number of hydrogen-bond acceptors (Lipinski definition) is 3. The van der Waals surface area contributed by atoms with E-state index in [2.05, 4.69) is 13.8 Å². The van der Waals surface area contributed by atoms with Crippen LogP contribution in [0.4, 0.5) is 0 Å². The van der Waals surface area contributed by atoms with Crippen LogP contribution in [-0.4, -0.2) is 17.3 Å². The fourth-order valence-electron chi connectivity index (χ4n) is 6.53. The third-order valence-electron chi connectivity index (χ3n) is 8.04. The summed E-state index contributed by atoms with van der Waals surface area (Å²) < 4.78 is 0. The Kier molecular flexibility index (Phi) is 3.00. The minimum atomic E-state index is -0.221. The molecule has 3 heteroatoms. The van der Waals surface area contributed by atoms with E-state index in [0.717, 1.165) is 44.2 Å². The summed E-state index contributed by atoms with van der Waals surface area (Å²) in [6.45, 7) is 4.51. The Labute approximate surface area is 132 Å². The number of hydrogen-bond donors (Lipinski definition) is 1. The van der Waals surface area contributed by atoms with E-state index >= 15 is 0 Å². The maximum atomic E-state index is 12.9. The van der Waals surface area contributed by atoms with Crippen LogP contribution in [0.3, 0.4) is 0 Å². The molecule has 3 unspecified atom stereocenters. The minimum absolute atomic E-state index is 0.124. The second-order valence-electron chi connectivity index (χ2n) is 8.84. The van der Waals surface area contributed by atoms with Crippen molar-refractivity contribution in [3.8, 4) is 0 Å². The van der Waals surface area contributed by atoms with Crippen molar-refractivity contribution in [3.63, 3.8) is 0 Å². The van der Waals surface area contributed by atoms with Crippen LogP contribution >= 0.6 is 0 Å². The van der Waals surface area contributed by atoms with Crippen LogP contribution in [0, 0.1) is 39.9 Å². The van der Waals surface area contributed by atoms with Crippen molar-refractivity contribution in [1.82, 2.24) is 0 Å². The number of ketones is 2. The van der Waals surface area contributed by atoms with Gasteiger partial charge in [-0.15, -0.1) is 0 Å². The monoisotopic (exact) mass is 301 g/mol. The number of carbonyl (C=O) groups is 2. The third kappa shape index (κ3) is 1.71. The molecule has 0 saturated heterocycles. The predicted molar refractivity (Wildman–Crippen MR) is 84.9 cm³/mol. The van der Waals surface area contributed by atoms with Crippen molar-refractivity contribution in [3.05, 3.63) is 0 Å². The lowest BCUT2D eigenvalue weighted by atomic mass is 9.45. The molecule has 0 aromatic heterocycles. The SMILES string of the molecule is C[C@]12CCC3C(C(=O)C[C@H]4CC(=N)CC[C@]34C)C1CCC2=O.